The largest absolute Gasteiger partial charge is 0.483 e. The van der Waals surface area contributed by atoms with Crippen LogP contribution in [-0.4, -0.2) is 71.1 Å². The Bertz CT molecular complexity index is 516. The van der Waals surface area contributed by atoms with Crippen molar-refractivity contribution >= 4 is 24.3 Å². The van der Waals surface area contributed by atoms with Gasteiger partial charge in [0.2, 0.25) is 0 Å². The molecule has 7 heteroatoms. The van der Waals surface area contributed by atoms with Gasteiger partial charge in [-0.2, -0.15) is 11.8 Å². The van der Waals surface area contributed by atoms with Crippen molar-refractivity contribution in [2.75, 3.05) is 37.7 Å². The first-order chi connectivity index (χ1) is 12.2. The lowest BCUT2D eigenvalue weighted by Gasteiger charge is -2.40. The number of nitrogens with one attached hydrogen (secondary N) is 1. The van der Waals surface area contributed by atoms with Gasteiger partial charge in [0.1, 0.15) is 0 Å². The van der Waals surface area contributed by atoms with Gasteiger partial charge in [-0.05, 0) is 18.4 Å². The van der Waals surface area contributed by atoms with Crippen LogP contribution in [0.1, 0.15) is 18.4 Å². The minimum atomic E-state index is -0.250. The highest BCUT2D eigenvalue weighted by Gasteiger charge is 2.27. The molecule has 1 aromatic carbocycles. The minimum absolute atomic E-state index is 0.0801. The average Bonchev–Trinajstić information content (AvgIpc) is 2.68. The number of rotatable bonds is 3. The second-order valence-corrected chi connectivity index (χ2v) is 7.34. The smallest absolute Gasteiger partial charge is 0.317 e. The average molecular weight is 365 g/mol. The van der Waals surface area contributed by atoms with Crippen LogP contribution in [0.25, 0.3) is 0 Å². The maximum Gasteiger partial charge on any atom is 0.317 e. The van der Waals surface area contributed by atoms with Gasteiger partial charge in [0.15, 0.2) is 0 Å². The zero-order chi connectivity index (χ0) is 17.9. The monoisotopic (exact) mass is 365 g/mol. The molecule has 25 heavy (non-hydrogen) atoms. The number of carbonyl (C=O) groups is 2. The fourth-order valence-electron chi connectivity index (χ4n) is 3.26. The maximum absolute atomic E-state index is 12.3. The maximum atomic E-state index is 12.3. The van der Waals surface area contributed by atoms with Crippen LogP contribution in [0.5, 0.6) is 0 Å². The molecule has 2 aliphatic rings. The summed E-state index contributed by atoms with van der Waals surface area (Å²) in [6.07, 6.45) is 2.23. The zero-order valence-electron chi connectivity index (χ0n) is 14.5. The van der Waals surface area contributed by atoms with Crippen LogP contribution in [0.4, 0.5) is 4.79 Å². The number of carboxylic acid groups (broad SMARTS) is 1. The molecule has 0 aliphatic carbocycles. The second-order valence-electron chi connectivity index (χ2n) is 6.12. The first-order valence-corrected chi connectivity index (χ1v) is 9.86. The van der Waals surface area contributed by atoms with Gasteiger partial charge in [0.25, 0.3) is 6.47 Å². The van der Waals surface area contributed by atoms with E-state index in [1.807, 2.05) is 35.2 Å². The number of benzene rings is 1. The van der Waals surface area contributed by atoms with Crippen molar-refractivity contribution in [1.29, 1.82) is 0 Å². The van der Waals surface area contributed by atoms with E-state index in [1.165, 1.54) is 24.6 Å². The molecule has 0 unspecified atom stereocenters. The summed E-state index contributed by atoms with van der Waals surface area (Å²) in [4.78, 5) is 25.2. The van der Waals surface area contributed by atoms with Gasteiger partial charge in [-0.25, -0.2) is 4.79 Å². The Hall–Kier alpha value is -1.73. The highest BCUT2D eigenvalue weighted by atomic mass is 32.2. The molecular weight excluding hydrogens is 338 g/mol. The molecule has 2 fully saturated rings. The highest BCUT2D eigenvalue weighted by molar-refractivity contribution is 7.99. The lowest BCUT2D eigenvalue weighted by atomic mass is 10.0. The standard InChI is InChI=1S/C17H25N3OS.CH2O2/c21-17(18-14-15-4-2-1-3-5-15)20-8-6-16(7-9-20)19-10-12-22-13-11-19;2-1-3/h1-5,16H,6-14H2,(H,18,21);1H,(H,2,3). The topological polar surface area (TPSA) is 72.9 Å². The molecule has 1 aromatic rings. The number of likely N-dealkylation sites (tertiary alicyclic amines) is 1. The molecule has 2 aliphatic heterocycles. The first kappa shape index (κ1) is 19.6. The molecular formula is C18H27N3O3S. The third-order valence-corrected chi connectivity index (χ3v) is 5.54. The molecule has 2 amide bonds. The van der Waals surface area contributed by atoms with Crippen LogP contribution in [-0.2, 0) is 11.3 Å². The molecule has 0 radical (unpaired) electrons. The van der Waals surface area contributed by atoms with E-state index in [0.717, 1.165) is 31.5 Å². The molecule has 6 nitrogen and oxygen atoms in total. The SMILES string of the molecule is O=C(NCc1ccccc1)N1CCC(N2CCSCC2)CC1.O=CO. The van der Waals surface area contributed by atoms with E-state index in [-0.39, 0.29) is 12.5 Å². The summed E-state index contributed by atoms with van der Waals surface area (Å²) in [5.41, 5.74) is 1.15. The number of amides is 2. The van der Waals surface area contributed by atoms with E-state index in [4.69, 9.17) is 9.90 Å². The molecule has 138 valence electrons. The Kier molecular flexibility index (Phi) is 8.62. The van der Waals surface area contributed by atoms with Crippen LogP contribution in [0.15, 0.2) is 30.3 Å². The number of hydrogen-bond donors (Lipinski definition) is 2. The number of carbonyl (C=O) groups excluding carboxylic acids is 1. The van der Waals surface area contributed by atoms with Crippen LogP contribution in [0, 0.1) is 0 Å². The first-order valence-electron chi connectivity index (χ1n) is 8.71. The Morgan fingerprint density at radius 1 is 1.16 bits per heavy atom. The summed E-state index contributed by atoms with van der Waals surface area (Å²) in [5, 5.41) is 9.92. The number of thioether (sulfide) groups is 1. The summed E-state index contributed by atoms with van der Waals surface area (Å²) in [6, 6.07) is 10.8. The van der Waals surface area contributed by atoms with Crippen LogP contribution in [0.3, 0.4) is 0 Å². The van der Waals surface area contributed by atoms with Gasteiger partial charge in [0.05, 0.1) is 0 Å². The number of urea groups is 1. The van der Waals surface area contributed by atoms with Crippen molar-refractivity contribution < 1.29 is 14.7 Å². The quantitative estimate of drug-likeness (QED) is 0.803. The molecule has 0 bridgehead atoms. The van der Waals surface area contributed by atoms with Crippen LogP contribution in [0.2, 0.25) is 0 Å². The van der Waals surface area contributed by atoms with E-state index < -0.39 is 0 Å². The van der Waals surface area contributed by atoms with Gasteiger partial charge in [0, 0.05) is 50.3 Å². The molecule has 2 heterocycles. The summed E-state index contributed by atoms with van der Waals surface area (Å²) in [7, 11) is 0. The molecule has 0 atom stereocenters. The van der Waals surface area contributed by atoms with Crippen molar-refractivity contribution in [3.63, 3.8) is 0 Å². The van der Waals surface area contributed by atoms with E-state index >= 15 is 0 Å². The van der Waals surface area contributed by atoms with E-state index in [0.29, 0.717) is 12.6 Å². The van der Waals surface area contributed by atoms with E-state index in [9.17, 15) is 4.79 Å². The fraction of sp³-hybridized carbons (Fsp3) is 0.556. The van der Waals surface area contributed by atoms with Crippen molar-refractivity contribution in [3.05, 3.63) is 35.9 Å². The lowest BCUT2D eigenvalue weighted by molar-refractivity contribution is -0.122. The Labute approximate surface area is 153 Å². The van der Waals surface area contributed by atoms with Gasteiger partial charge in [-0.1, -0.05) is 30.3 Å². The number of piperidine rings is 1. The van der Waals surface area contributed by atoms with E-state index in [1.54, 1.807) is 0 Å². The van der Waals surface area contributed by atoms with Crippen molar-refractivity contribution in [2.45, 2.75) is 25.4 Å². The predicted octanol–water partition coefficient (Wildman–Crippen LogP) is 2.11. The molecule has 3 rings (SSSR count). The Morgan fingerprint density at radius 3 is 2.36 bits per heavy atom. The van der Waals surface area contributed by atoms with E-state index in [2.05, 4.69) is 22.0 Å². The zero-order valence-corrected chi connectivity index (χ0v) is 15.3. The van der Waals surface area contributed by atoms with Crippen LogP contribution < -0.4 is 5.32 Å². The summed E-state index contributed by atoms with van der Waals surface area (Å²) in [5.74, 6) is 2.52. The third-order valence-electron chi connectivity index (χ3n) is 4.60. The Balaban J connectivity index is 0.000000701. The Morgan fingerprint density at radius 2 is 1.76 bits per heavy atom. The van der Waals surface area contributed by atoms with Crippen molar-refractivity contribution in [1.82, 2.24) is 15.1 Å². The highest BCUT2D eigenvalue weighted by Crippen LogP contribution is 2.20. The van der Waals surface area contributed by atoms with Gasteiger partial charge < -0.3 is 15.3 Å². The molecule has 0 saturated carbocycles. The third kappa shape index (κ3) is 6.59. The molecule has 0 aromatic heterocycles. The summed E-state index contributed by atoms with van der Waals surface area (Å²) >= 11 is 2.06. The molecule has 2 saturated heterocycles. The van der Waals surface area contributed by atoms with Gasteiger partial charge >= 0.3 is 6.03 Å². The fourth-order valence-corrected chi connectivity index (χ4v) is 4.19. The lowest BCUT2D eigenvalue weighted by Crippen LogP contribution is -2.51. The van der Waals surface area contributed by atoms with Crippen molar-refractivity contribution in [2.24, 2.45) is 0 Å². The normalized spacial score (nSPS) is 18.8. The van der Waals surface area contributed by atoms with Crippen LogP contribution >= 0.6 is 11.8 Å². The number of nitrogens with zero attached hydrogens (tertiary/aromatic N) is 2. The number of hydrogen-bond acceptors (Lipinski definition) is 4. The van der Waals surface area contributed by atoms with Gasteiger partial charge in [-0.3, -0.25) is 9.69 Å². The second kappa shape index (κ2) is 11.0. The molecule has 2 N–H and O–H groups in total. The predicted molar refractivity (Wildman–Crippen MR) is 101 cm³/mol. The van der Waals surface area contributed by atoms with Gasteiger partial charge in [-0.15, -0.1) is 0 Å². The minimum Gasteiger partial charge on any atom is -0.483 e. The summed E-state index contributed by atoms with van der Waals surface area (Å²) in [6.45, 7) is 4.57. The molecule has 0 spiro atoms. The van der Waals surface area contributed by atoms with Crippen molar-refractivity contribution in [3.8, 4) is 0 Å². The summed E-state index contributed by atoms with van der Waals surface area (Å²) < 4.78 is 0.